The third-order valence-corrected chi connectivity index (χ3v) is 17.6. The van der Waals surface area contributed by atoms with Crippen LogP contribution in [0.25, 0.3) is 0 Å². The third-order valence-electron chi connectivity index (χ3n) is 17.6. The van der Waals surface area contributed by atoms with Crippen molar-refractivity contribution in [1.29, 1.82) is 0 Å². The summed E-state index contributed by atoms with van der Waals surface area (Å²) in [5.41, 5.74) is 0. The van der Waals surface area contributed by atoms with E-state index in [9.17, 15) is 19.8 Å². The second kappa shape index (κ2) is 70.1. The monoisotopic (exact) mass is 1130 g/mol. The van der Waals surface area contributed by atoms with E-state index in [2.05, 4.69) is 31.3 Å². The summed E-state index contributed by atoms with van der Waals surface area (Å²) in [4.78, 5) is 24.7. The molecule has 0 aromatic rings. The van der Waals surface area contributed by atoms with Gasteiger partial charge in [-0.2, -0.15) is 0 Å². The number of esters is 1. The maximum atomic E-state index is 12.6. The summed E-state index contributed by atoms with van der Waals surface area (Å²) >= 11 is 0. The average Bonchev–Trinajstić information content (AvgIpc) is 3.46. The molecule has 0 saturated carbocycles. The van der Waals surface area contributed by atoms with Crippen LogP contribution < -0.4 is 5.32 Å². The Bertz CT molecular complexity index is 1210. The van der Waals surface area contributed by atoms with Gasteiger partial charge in [0.15, 0.2) is 0 Å². The second-order valence-electron chi connectivity index (χ2n) is 25.6. The largest absolute Gasteiger partial charge is 0.466 e. The first-order valence-corrected chi connectivity index (χ1v) is 36.9. The number of allylic oxidation sites excluding steroid dienone is 2. The van der Waals surface area contributed by atoms with Gasteiger partial charge in [0.2, 0.25) is 5.91 Å². The van der Waals surface area contributed by atoms with Crippen molar-refractivity contribution in [2.75, 3.05) is 13.2 Å². The van der Waals surface area contributed by atoms with Crippen LogP contribution >= 0.6 is 0 Å². The minimum atomic E-state index is -0.667. The summed E-state index contributed by atoms with van der Waals surface area (Å²) in [6.45, 7) is 4.99. The maximum Gasteiger partial charge on any atom is 0.305 e. The first kappa shape index (κ1) is 78.6. The number of carbonyl (C=O) groups excluding carboxylic acids is 2. The number of amides is 1. The third kappa shape index (κ3) is 65.7. The zero-order valence-electron chi connectivity index (χ0n) is 54.6. The molecule has 0 heterocycles. The van der Waals surface area contributed by atoms with Crippen LogP contribution in [-0.4, -0.2) is 47.4 Å². The molecule has 0 spiro atoms. The first-order valence-electron chi connectivity index (χ1n) is 36.9. The highest BCUT2D eigenvalue weighted by molar-refractivity contribution is 5.76. The van der Waals surface area contributed by atoms with E-state index >= 15 is 0 Å². The van der Waals surface area contributed by atoms with Gasteiger partial charge in [-0.25, -0.2) is 0 Å². The van der Waals surface area contributed by atoms with Crippen LogP contribution in [0.15, 0.2) is 12.2 Å². The highest BCUT2D eigenvalue weighted by Gasteiger charge is 2.20. The van der Waals surface area contributed by atoms with E-state index < -0.39 is 12.1 Å². The molecule has 2 atom stereocenters. The van der Waals surface area contributed by atoms with Gasteiger partial charge in [0.25, 0.3) is 0 Å². The lowest BCUT2D eigenvalue weighted by atomic mass is 10.0. The molecule has 0 aromatic heterocycles. The van der Waals surface area contributed by atoms with E-state index in [1.165, 1.54) is 347 Å². The van der Waals surface area contributed by atoms with Gasteiger partial charge in [0, 0.05) is 12.8 Å². The molecule has 0 aliphatic heterocycles. The normalized spacial score (nSPS) is 12.5. The smallest absolute Gasteiger partial charge is 0.305 e. The topological polar surface area (TPSA) is 95.9 Å². The Morgan fingerprint density at radius 1 is 0.338 bits per heavy atom. The van der Waals surface area contributed by atoms with E-state index in [1.54, 1.807) is 0 Å². The van der Waals surface area contributed by atoms with Gasteiger partial charge in [-0.15, -0.1) is 0 Å². The second-order valence-corrected chi connectivity index (χ2v) is 25.6. The van der Waals surface area contributed by atoms with Gasteiger partial charge in [0.05, 0.1) is 25.4 Å². The molecule has 1 amide bonds. The summed E-state index contributed by atoms with van der Waals surface area (Å²) in [7, 11) is 0. The van der Waals surface area contributed by atoms with Crippen LogP contribution in [0.3, 0.4) is 0 Å². The van der Waals surface area contributed by atoms with E-state index in [1.807, 2.05) is 0 Å². The summed E-state index contributed by atoms with van der Waals surface area (Å²) in [5, 5.41) is 23.5. The summed E-state index contributed by atoms with van der Waals surface area (Å²) < 4.78 is 5.51. The van der Waals surface area contributed by atoms with E-state index in [0.29, 0.717) is 25.9 Å². The first-order chi connectivity index (χ1) is 39.5. The van der Waals surface area contributed by atoms with Crippen molar-refractivity contribution in [3.8, 4) is 0 Å². The summed E-state index contributed by atoms with van der Waals surface area (Å²) in [5.74, 6) is -0.0193. The Kier molecular flexibility index (Phi) is 68.9. The van der Waals surface area contributed by atoms with Gasteiger partial charge < -0.3 is 20.3 Å². The summed E-state index contributed by atoms with van der Waals surface area (Å²) in [6.07, 6.45) is 86.9. The Hall–Kier alpha value is -1.40. The van der Waals surface area contributed by atoms with Crippen LogP contribution in [0, 0.1) is 0 Å². The van der Waals surface area contributed by atoms with Gasteiger partial charge in [-0.3, -0.25) is 9.59 Å². The average molecular weight is 1130 g/mol. The van der Waals surface area contributed by atoms with Crippen molar-refractivity contribution in [3.05, 3.63) is 12.2 Å². The SMILES string of the molecule is CCCCCCCC/C=C\CCCCCCCCCCCC(=O)OCCCCCCCCCCCCCCCCCCCCCCC(=O)NC(CO)C(O)CCCCCCCCCCCCCCCCCCCCCCCCCC. The lowest BCUT2D eigenvalue weighted by molar-refractivity contribution is -0.143. The number of nitrogens with one attached hydrogen (secondary N) is 1. The molecule has 476 valence electrons. The lowest BCUT2D eigenvalue weighted by Crippen LogP contribution is -2.45. The molecule has 0 radical (unpaired) electrons. The number of ether oxygens (including phenoxy) is 1. The number of unbranched alkanes of at least 4 members (excludes halogenated alkanes) is 57. The zero-order valence-corrected chi connectivity index (χ0v) is 54.6. The minimum Gasteiger partial charge on any atom is -0.466 e. The van der Waals surface area contributed by atoms with Crippen molar-refractivity contribution in [1.82, 2.24) is 5.32 Å². The standard InChI is InChI=1S/C74H145NO5/c1-3-5-7-9-11-13-15-17-19-21-23-24-25-26-27-31-34-38-42-46-50-54-58-62-66-72(77)71(70-76)75-73(78)67-63-59-55-51-47-43-39-35-32-28-29-33-37-41-45-49-53-57-61-65-69-80-74(79)68-64-60-56-52-48-44-40-36-30-22-20-18-16-14-12-10-8-6-4-2/h18,20,71-72,76-77H,3-17,19,21-70H2,1-2H3,(H,75,78)/b20-18-. The van der Waals surface area contributed by atoms with Crippen LogP contribution in [0.1, 0.15) is 425 Å². The highest BCUT2D eigenvalue weighted by Crippen LogP contribution is 2.20. The molecule has 0 aliphatic carbocycles. The number of hydrogen-bond acceptors (Lipinski definition) is 5. The van der Waals surface area contributed by atoms with E-state index in [0.717, 1.165) is 44.9 Å². The predicted molar refractivity (Wildman–Crippen MR) is 352 cm³/mol. The molecule has 0 aliphatic rings. The quantitative estimate of drug-likeness (QED) is 0.0320. The molecule has 2 unspecified atom stereocenters. The van der Waals surface area contributed by atoms with Crippen LogP contribution in [0.4, 0.5) is 0 Å². The molecule has 0 aromatic carbocycles. The Labute approximate surface area is 501 Å². The fourth-order valence-corrected chi connectivity index (χ4v) is 11.9. The molecule has 6 heteroatoms. The van der Waals surface area contributed by atoms with Gasteiger partial charge in [-0.1, -0.05) is 373 Å². The molecule has 80 heavy (non-hydrogen) atoms. The highest BCUT2D eigenvalue weighted by atomic mass is 16.5. The van der Waals surface area contributed by atoms with Gasteiger partial charge >= 0.3 is 5.97 Å². The zero-order chi connectivity index (χ0) is 57.8. The molecule has 0 rings (SSSR count). The maximum absolute atomic E-state index is 12.6. The van der Waals surface area contributed by atoms with E-state index in [-0.39, 0.29) is 18.5 Å². The van der Waals surface area contributed by atoms with Crippen molar-refractivity contribution < 1.29 is 24.5 Å². The van der Waals surface area contributed by atoms with Crippen molar-refractivity contribution in [2.24, 2.45) is 0 Å². The van der Waals surface area contributed by atoms with Crippen LogP contribution in [0.5, 0.6) is 0 Å². The van der Waals surface area contributed by atoms with Crippen molar-refractivity contribution >= 4 is 11.9 Å². The summed E-state index contributed by atoms with van der Waals surface area (Å²) in [6, 6.07) is -0.544. The number of hydrogen-bond donors (Lipinski definition) is 3. The van der Waals surface area contributed by atoms with Gasteiger partial charge in [-0.05, 0) is 51.4 Å². The Morgan fingerprint density at radius 3 is 0.887 bits per heavy atom. The van der Waals surface area contributed by atoms with Crippen molar-refractivity contribution in [2.45, 2.75) is 437 Å². The minimum absolute atomic E-state index is 0.0118. The molecule has 6 nitrogen and oxygen atoms in total. The molecular formula is C74H145NO5. The Balaban J connectivity index is 3.37. The van der Waals surface area contributed by atoms with Crippen LogP contribution in [-0.2, 0) is 14.3 Å². The molecular weight excluding hydrogens is 983 g/mol. The molecule has 0 fully saturated rings. The van der Waals surface area contributed by atoms with Gasteiger partial charge in [0.1, 0.15) is 0 Å². The Morgan fingerprint density at radius 2 is 0.588 bits per heavy atom. The fraction of sp³-hybridized carbons (Fsp3) is 0.946. The molecule has 0 bridgehead atoms. The van der Waals surface area contributed by atoms with Crippen molar-refractivity contribution in [3.63, 3.8) is 0 Å². The fourth-order valence-electron chi connectivity index (χ4n) is 11.9. The molecule has 3 N–H and O–H groups in total. The number of aliphatic hydroxyl groups excluding tert-OH is 2. The predicted octanol–water partition coefficient (Wildman–Crippen LogP) is 23.9. The van der Waals surface area contributed by atoms with E-state index in [4.69, 9.17) is 4.74 Å². The molecule has 0 saturated heterocycles. The number of aliphatic hydroxyl groups is 2. The van der Waals surface area contributed by atoms with Crippen LogP contribution in [0.2, 0.25) is 0 Å². The lowest BCUT2D eigenvalue weighted by Gasteiger charge is -2.22. The number of rotatable bonds is 70. The number of carbonyl (C=O) groups is 2.